The lowest BCUT2D eigenvalue weighted by atomic mass is 10.0. The molecule has 3 aromatic rings. The van der Waals surface area contributed by atoms with Crippen molar-refractivity contribution in [3.63, 3.8) is 0 Å². The Kier molecular flexibility index (Phi) is 3.96. The zero-order valence-electron chi connectivity index (χ0n) is 14.3. The maximum absolute atomic E-state index is 13.8. The maximum Gasteiger partial charge on any atom is 0.249 e. The fourth-order valence-electron chi connectivity index (χ4n) is 3.16. The summed E-state index contributed by atoms with van der Waals surface area (Å²) in [7, 11) is -4.03. The highest BCUT2D eigenvalue weighted by Gasteiger charge is 2.40. The van der Waals surface area contributed by atoms with Crippen molar-refractivity contribution in [2.45, 2.75) is 18.1 Å². The molecule has 0 saturated carbocycles. The zero-order chi connectivity index (χ0) is 19.2. The smallest absolute Gasteiger partial charge is 0.249 e. The van der Waals surface area contributed by atoms with E-state index < -0.39 is 26.4 Å². The van der Waals surface area contributed by atoms with Gasteiger partial charge >= 0.3 is 0 Å². The summed E-state index contributed by atoms with van der Waals surface area (Å²) in [6.07, 6.45) is 7.94. The molecule has 5 nitrogen and oxygen atoms in total. The quantitative estimate of drug-likeness (QED) is 0.682. The van der Waals surface area contributed by atoms with Crippen LogP contribution in [0.3, 0.4) is 0 Å². The number of hydrogen-bond donors (Lipinski definition) is 0. The second-order valence-electron chi connectivity index (χ2n) is 6.53. The Morgan fingerprint density at radius 3 is 2.70 bits per heavy atom. The summed E-state index contributed by atoms with van der Waals surface area (Å²) >= 11 is 0. The molecule has 0 amide bonds. The van der Waals surface area contributed by atoms with Gasteiger partial charge in [0.15, 0.2) is 5.65 Å². The summed E-state index contributed by atoms with van der Waals surface area (Å²) in [5.74, 6) is -1.09. The molecule has 27 heavy (non-hydrogen) atoms. The minimum Gasteiger partial charge on any atom is -0.253 e. The van der Waals surface area contributed by atoms with E-state index in [1.807, 2.05) is 0 Å². The minimum absolute atomic E-state index is 0.138. The molecule has 1 atom stereocenters. The van der Waals surface area contributed by atoms with E-state index in [2.05, 4.69) is 9.97 Å². The Morgan fingerprint density at radius 1 is 1.19 bits per heavy atom. The molecule has 0 fully saturated rings. The van der Waals surface area contributed by atoms with E-state index >= 15 is 0 Å². The lowest BCUT2D eigenvalue weighted by Crippen LogP contribution is -2.38. The van der Waals surface area contributed by atoms with Gasteiger partial charge in [0.05, 0.1) is 11.9 Å². The Labute approximate surface area is 154 Å². The molecule has 0 bridgehead atoms. The molecule has 3 aromatic heterocycles. The third kappa shape index (κ3) is 2.76. The predicted octanol–water partition coefficient (Wildman–Crippen LogP) is 3.99. The topological polar surface area (TPSA) is 64.8 Å². The minimum atomic E-state index is -4.03. The van der Waals surface area contributed by atoms with Gasteiger partial charge in [0.1, 0.15) is 16.4 Å². The molecule has 3 heterocycles. The van der Waals surface area contributed by atoms with E-state index in [1.54, 1.807) is 12.1 Å². The Morgan fingerprint density at radius 2 is 2.00 bits per heavy atom. The van der Waals surface area contributed by atoms with E-state index in [0.29, 0.717) is 16.6 Å². The Bertz CT molecular complexity index is 1200. The van der Waals surface area contributed by atoms with Crippen molar-refractivity contribution in [3.8, 4) is 11.3 Å². The molecule has 8 heteroatoms. The second-order valence-corrected chi connectivity index (χ2v) is 8.80. The van der Waals surface area contributed by atoms with Gasteiger partial charge in [-0.3, -0.25) is 4.98 Å². The van der Waals surface area contributed by atoms with Gasteiger partial charge in [-0.05, 0) is 49.8 Å². The SMILES string of the molecule is CC1(S(=O)(=O)n2cc(-c3ccc(F)cn3)c3cccnc32)C=C(F)C=CC1. The molecular weight excluding hydrogens is 372 g/mol. The first-order valence-corrected chi connectivity index (χ1v) is 9.64. The number of allylic oxidation sites excluding steroid dienone is 3. The average Bonchev–Trinajstić information content (AvgIpc) is 3.02. The van der Waals surface area contributed by atoms with E-state index in [-0.39, 0.29) is 12.1 Å². The molecular formula is C19H15F2N3O2S. The lowest BCUT2D eigenvalue weighted by molar-refractivity contribution is 0.545. The molecule has 1 aliphatic carbocycles. The van der Waals surface area contributed by atoms with Crippen LogP contribution in [-0.4, -0.2) is 27.1 Å². The summed E-state index contributed by atoms with van der Waals surface area (Å²) in [5, 5.41) is 0.555. The van der Waals surface area contributed by atoms with Crippen molar-refractivity contribution in [2.75, 3.05) is 0 Å². The number of pyridine rings is 2. The summed E-state index contributed by atoms with van der Waals surface area (Å²) in [4.78, 5) is 8.25. The zero-order valence-corrected chi connectivity index (χ0v) is 15.1. The molecule has 0 aromatic carbocycles. The van der Waals surface area contributed by atoms with Crippen LogP contribution < -0.4 is 0 Å². The van der Waals surface area contributed by atoms with Gasteiger partial charge < -0.3 is 0 Å². The largest absolute Gasteiger partial charge is 0.253 e. The molecule has 4 rings (SSSR count). The van der Waals surface area contributed by atoms with Crippen LogP contribution in [-0.2, 0) is 10.0 Å². The van der Waals surface area contributed by atoms with Crippen LogP contribution >= 0.6 is 0 Å². The first kappa shape index (κ1) is 17.5. The number of rotatable bonds is 3. The van der Waals surface area contributed by atoms with Crippen molar-refractivity contribution in [1.82, 2.24) is 13.9 Å². The van der Waals surface area contributed by atoms with Gasteiger partial charge in [0.2, 0.25) is 10.0 Å². The summed E-state index contributed by atoms with van der Waals surface area (Å²) in [6, 6.07) is 6.12. The predicted molar refractivity (Wildman–Crippen MR) is 98.6 cm³/mol. The molecule has 0 aliphatic heterocycles. The van der Waals surface area contributed by atoms with E-state index in [9.17, 15) is 17.2 Å². The highest BCUT2D eigenvalue weighted by Crippen LogP contribution is 2.36. The monoisotopic (exact) mass is 387 g/mol. The van der Waals surface area contributed by atoms with Gasteiger partial charge in [-0.15, -0.1) is 0 Å². The molecule has 0 N–H and O–H groups in total. The van der Waals surface area contributed by atoms with Gasteiger partial charge in [-0.2, -0.15) is 0 Å². The van der Waals surface area contributed by atoms with Crippen LogP contribution in [0.4, 0.5) is 8.78 Å². The average molecular weight is 387 g/mol. The lowest BCUT2D eigenvalue weighted by Gasteiger charge is -2.27. The number of fused-ring (bicyclic) bond motifs is 1. The van der Waals surface area contributed by atoms with Crippen molar-refractivity contribution in [1.29, 1.82) is 0 Å². The van der Waals surface area contributed by atoms with Crippen LogP contribution in [0.15, 0.2) is 66.9 Å². The van der Waals surface area contributed by atoms with Crippen LogP contribution in [0, 0.1) is 5.82 Å². The van der Waals surface area contributed by atoms with Crippen molar-refractivity contribution in [3.05, 3.63) is 72.7 Å². The van der Waals surface area contributed by atoms with Crippen LogP contribution in [0.1, 0.15) is 13.3 Å². The fraction of sp³-hybridized carbons (Fsp3) is 0.158. The van der Waals surface area contributed by atoms with Gasteiger partial charge in [-0.25, -0.2) is 26.2 Å². The molecule has 0 spiro atoms. The first-order valence-electron chi connectivity index (χ1n) is 8.20. The summed E-state index contributed by atoms with van der Waals surface area (Å²) in [5.41, 5.74) is 1.13. The van der Waals surface area contributed by atoms with Crippen LogP contribution in [0.5, 0.6) is 0 Å². The number of hydrogen-bond acceptors (Lipinski definition) is 4. The van der Waals surface area contributed by atoms with E-state index in [1.165, 1.54) is 43.6 Å². The molecule has 0 saturated heterocycles. The molecule has 1 aliphatic rings. The van der Waals surface area contributed by atoms with Crippen LogP contribution in [0.25, 0.3) is 22.3 Å². The highest BCUT2D eigenvalue weighted by atomic mass is 32.2. The van der Waals surface area contributed by atoms with Crippen molar-refractivity contribution < 1.29 is 17.2 Å². The van der Waals surface area contributed by atoms with Gasteiger partial charge in [0.25, 0.3) is 0 Å². The third-order valence-electron chi connectivity index (χ3n) is 4.63. The van der Waals surface area contributed by atoms with Crippen LogP contribution in [0.2, 0.25) is 0 Å². The van der Waals surface area contributed by atoms with Crippen molar-refractivity contribution in [2.24, 2.45) is 0 Å². The third-order valence-corrected chi connectivity index (χ3v) is 6.89. The molecule has 1 unspecified atom stereocenters. The number of nitrogens with zero attached hydrogens (tertiary/aromatic N) is 3. The Balaban J connectivity index is 1.96. The summed E-state index contributed by atoms with van der Waals surface area (Å²) in [6.45, 7) is 1.47. The fourth-order valence-corrected chi connectivity index (χ4v) is 4.80. The molecule has 0 radical (unpaired) electrons. The van der Waals surface area contributed by atoms with E-state index in [0.717, 1.165) is 16.2 Å². The number of halogens is 2. The van der Waals surface area contributed by atoms with Gasteiger partial charge in [-0.1, -0.05) is 6.08 Å². The molecule has 138 valence electrons. The standard InChI is InChI=1S/C19H15F2N3O2S/c1-19(8-2-4-13(20)10-19)27(25,26)24-12-16(15-5-3-9-22-18(15)24)17-7-6-14(21)11-23-17/h2-7,9-12H,8H2,1H3. The normalized spacial score (nSPS) is 20.0. The van der Waals surface area contributed by atoms with Crippen molar-refractivity contribution >= 4 is 21.1 Å². The summed E-state index contributed by atoms with van der Waals surface area (Å²) < 4.78 is 53.3. The second kappa shape index (κ2) is 6.09. The number of aromatic nitrogens is 3. The maximum atomic E-state index is 13.8. The van der Waals surface area contributed by atoms with Gasteiger partial charge in [0, 0.05) is 23.3 Å². The van der Waals surface area contributed by atoms with E-state index in [4.69, 9.17) is 0 Å². The first-order chi connectivity index (χ1) is 12.8. The highest BCUT2D eigenvalue weighted by molar-refractivity contribution is 7.91. The Hall–Kier alpha value is -2.87.